The fourth-order valence-corrected chi connectivity index (χ4v) is 5.00. The highest BCUT2D eigenvalue weighted by Gasteiger charge is 2.22. The molecule has 3 heterocycles. The van der Waals surface area contributed by atoms with E-state index in [2.05, 4.69) is 20.2 Å². The average Bonchev–Trinajstić information content (AvgIpc) is 3.17. The van der Waals surface area contributed by atoms with E-state index < -0.39 is 5.97 Å². The van der Waals surface area contributed by atoms with E-state index in [0.29, 0.717) is 74.5 Å². The molecule has 2 N–H and O–H groups in total. The first kappa shape index (κ1) is 24.6. The minimum atomic E-state index is -0.482. The predicted molar refractivity (Wildman–Crippen MR) is 141 cm³/mol. The minimum Gasteiger partial charge on any atom is -0.461 e. The van der Waals surface area contributed by atoms with Crippen molar-refractivity contribution in [2.24, 2.45) is 7.05 Å². The summed E-state index contributed by atoms with van der Waals surface area (Å²) in [5, 5.41) is 4.90. The number of ether oxygens (including phenoxy) is 2. The Hall–Kier alpha value is -3.11. The summed E-state index contributed by atoms with van der Waals surface area (Å²) in [6.45, 7) is 5.55. The van der Waals surface area contributed by atoms with Crippen LogP contribution in [-0.4, -0.2) is 64.9 Å². The molecule has 0 spiro atoms. The summed E-state index contributed by atoms with van der Waals surface area (Å²) in [5.41, 5.74) is 2.13. The van der Waals surface area contributed by atoms with E-state index in [1.54, 1.807) is 48.9 Å². The summed E-state index contributed by atoms with van der Waals surface area (Å²) < 4.78 is 12.7. The number of benzene rings is 2. The van der Waals surface area contributed by atoms with Crippen LogP contribution in [0.2, 0.25) is 10.0 Å². The second kappa shape index (κ2) is 10.1. The first-order valence-corrected chi connectivity index (χ1v) is 12.3. The van der Waals surface area contributed by atoms with E-state index in [-0.39, 0.29) is 12.2 Å². The van der Waals surface area contributed by atoms with Crippen LogP contribution in [0.15, 0.2) is 35.1 Å². The summed E-state index contributed by atoms with van der Waals surface area (Å²) in [5.74, 6) is -0.0353. The van der Waals surface area contributed by atoms with Crippen molar-refractivity contribution >= 4 is 62.6 Å². The number of para-hydroxylation sites is 1. The second-order valence-electron chi connectivity index (χ2n) is 8.62. The van der Waals surface area contributed by atoms with E-state index in [0.717, 1.165) is 13.1 Å². The number of hydrogen-bond donors (Lipinski definition) is 2. The third-order valence-corrected chi connectivity index (χ3v) is 6.99. The van der Waals surface area contributed by atoms with Gasteiger partial charge in [-0.05, 0) is 25.1 Å². The van der Waals surface area contributed by atoms with Crippen molar-refractivity contribution in [1.29, 1.82) is 0 Å². The van der Waals surface area contributed by atoms with Gasteiger partial charge in [0.1, 0.15) is 6.61 Å². The maximum absolute atomic E-state index is 13.1. The number of H-pyrrole nitrogens is 1. The number of aryl methyl sites for hydroxylation is 2. The molecule has 5 rings (SSSR count). The number of hydrogen-bond acceptors (Lipinski definition) is 7. The Morgan fingerprint density at radius 1 is 1.19 bits per heavy atom. The summed E-state index contributed by atoms with van der Waals surface area (Å²) in [6, 6.07) is 8.70. The predicted octanol–water partition coefficient (Wildman–Crippen LogP) is 4.26. The van der Waals surface area contributed by atoms with Gasteiger partial charge in [-0.25, -0.2) is 9.78 Å². The molecule has 4 aromatic rings. The van der Waals surface area contributed by atoms with Crippen LogP contribution in [0, 0.1) is 6.92 Å². The Kier molecular flexibility index (Phi) is 6.90. The topological polar surface area (TPSA) is 101 Å². The van der Waals surface area contributed by atoms with E-state index in [9.17, 15) is 9.59 Å². The van der Waals surface area contributed by atoms with Gasteiger partial charge in [0, 0.05) is 37.8 Å². The standard InChI is InChI=1S/C25H25Cl2N5O4/c1-14-19(24(34)36-13-10-32-8-11-35-12-9-32)15-6-7-18-22(20(15)23(33)28-14)31(2)25(29-18)30-21-16(26)4-3-5-17(21)27/h3-7H,8-13H2,1-2H3,(H,28,33)(H,29,30). The molecule has 36 heavy (non-hydrogen) atoms. The summed E-state index contributed by atoms with van der Waals surface area (Å²) in [4.78, 5) is 35.9. The molecule has 0 unspecified atom stereocenters. The number of anilines is 2. The van der Waals surface area contributed by atoms with E-state index in [1.165, 1.54) is 0 Å². The lowest BCUT2D eigenvalue weighted by atomic mass is 10.0. The molecule has 0 bridgehead atoms. The molecule has 0 radical (unpaired) electrons. The van der Waals surface area contributed by atoms with Crippen LogP contribution in [-0.2, 0) is 16.5 Å². The van der Waals surface area contributed by atoms with Crippen molar-refractivity contribution in [2.75, 3.05) is 44.8 Å². The number of carbonyl (C=O) groups is 1. The summed E-state index contributed by atoms with van der Waals surface area (Å²) >= 11 is 12.6. The third-order valence-electron chi connectivity index (χ3n) is 6.36. The highest BCUT2D eigenvalue weighted by molar-refractivity contribution is 6.39. The highest BCUT2D eigenvalue weighted by atomic mass is 35.5. The number of carbonyl (C=O) groups excluding carboxylic acids is 1. The van der Waals surface area contributed by atoms with Gasteiger partial charge < -0.3 is 24.3 Å². The Morgan fingerprint density at radius 3 is 2.64 bits per heavy atom. The van der Waals surface area contributed by atoms with Crippen LogP contribution in [0.5, 0.6) is 0 Å². The van der Waals surface area contributed by atoms with Crippen LogP contribution in [0.4, 0.5) is 11.6 Å². The molecular weight excluding hydrogens is 505 g/mol. The Bertz CT molecular complexity index is 1500. The smallest absolute Gasteiger partial charge is 0.340 e. The van der Waals surface area contributed by atoms with Gasteiger partial charge in [0.15, 0.2) is 0 Å². The van der Waals surface area contributed by atoms with Gasteiger partial charge in [-0.15, -0.1) is 0 Å². The zero-order valence-corrected chi connectivity index (χ0v) is 21.4. The number of pyridine rings is 1. The van der Waals surface area contributed by atoms with Crippen LogP contribution in [0.1, 0.15) is 16.1 Å². The quantitative estimate of drug-likeness (QED) is 0.359. The van der Waals surface area contributed by atoms with Gasteiger partial charge in [-0.2, -0.15) is 0 Å². The molecule has 188 valence electrons. The number of morpholine rings is 1. The van der Waals surface area contributed by atoms with Gasteiger partial charge in [0.25, 0.3) is 5.56 Å². The number of fused-ring (bicyclic) bond motifs is 3. The fourth-order valence-electron chi connectivity index (χ4n) is 4.51. The Balaban J connectivity index is 1.52. The number of nitrogens with zero attached hydrogens (tertiary/aromatic N) is 3. The number of aromatic nitrogens is 3. The molecule has 0 saturated carbocycles. The van der Waals surface area contributed by atoms with Gasteiger partial charge >= 0.3 is 5.97 Å². The SMILES string of the molecule is Cc1[nH]c(=O)c2c(ccc3nc(Nc4c(Cl)cccc4Cl)n(C)c32)c1C(=O)OCCN1CCOCC1. The minimum absolute atomic E-state index is 0.250. The molecule has 0 atom stereocenters. The molecule has 9 nitrogen and oxygen atoms in total. The molecule has 1 aliphatic rings. The van der Waals surface area contributed by atoms with Crippen molar-refractivity contribution in [1.82, 2.24) is 19.4 Å². The van der Waals surface area contributed by atoms with Crippen LogP contribution in [0.25, 0.3) is 21.8 Å². The average molecular weight is 530 g/mol. The van der Waals surface area contributed by atoms with Crippen molar-refractivity contribution in [3.63, 3.8) is 0 Å². The Labute approximate surface area is 216 Å². The van der Waals surface area contributed by atoms with Crippen molar-refractivity contribution < 1.29 is 14.3 Å². The van der Waals surface area contributed by atoms with Crippen molar-refractivity contribution in [3.8, 4) is 0 Å². The van der Waals surface area contributed by atoms with Gasteiger partial charge in [-0.1, -0.05) is 35.3 Å². The largest absolute Gasteiger partial charge is 0.461 e. The van der Waals surface area contributed by atoms with Crippen LogP contribution in [0.3, 0.4) is 0 Å². The van der Waals surface area contributed by atoms with E-state index >= 15 is 0 Å². The third kappa shape index (κ3) is 4.55. The monoisotopic (exact) mass is 529 g/mol. The molecule has 0 aliphatic carbocycles. The number of esters is 1. The molecule has 1 fully saturated rings. The number of aromatic amines is 1. The zero-order chi connectivity index (χ0) is 25.4. The zero-order valence-electron chi connectivity index (χ0n) is 19.9. The Morgan fingerprint density at radius 2 is 1.92 bits per heavy atom. The van der Waals surface area contributed by atoms with E-state index in [1.807, 2.05) is 0 Å². The first-order chi connectivity index (χ1) is 17.3. The molecular formula is C25H25Cl2N5O4. The summed E-state index contributed by atoms with van der Waals surface area (Å²) in [7, 11) is 1.78. The maximum Gasteiger partial charge on any atom is 0.340 e. The second-order valence-corrected chi connectivity index (χ2v) is 9.43. The molecule has 1 saturated heterocycles. The van der Waals surface area contributed by atoms with Gasteiger partial charge in [0.05, 0.1) is 50.9 Å². The molecule has 0 amide bonds. The van der Waals surface area contributed by atoms with Gasteiger partial charge in [-0.3, -0.25) is 9.69 Å². The normalized spacial score (nSPS) is 14.4. The molecule has 2 aromatic heterocycles. The molecule has 11 heteroatoms. The molecule has 1 aliphatic heterocycles. The van der Waals surface area contributed by atoms with Crippen molar-refractivity contribution in [3.05, 3.63) is 62.0 Å². The van der Waals surface area contributed by atoms with Gasteiger partial charge in [0.2, 0.25) is 5.95 Å². The maximum atomic E-state index is 13.1. The van der Waals surface area contributed by atoms with Crippen molar-refractivity contribution in [2.45, 2.75) is 6.92 Å². The lowest BCUT2D eigenvalue weighted by Crippen LogP contribution is -2.38. The highest BCUT2D eigenvalue weighted by Crippen LogP contribution is 2.34. The summed E-state index contributed by atoms with van der Waals surface area (Å²) in [6.07, 6.45) is 0. The van der Waals surface area contributed by atoms with Crippen LogP contribution < -0.4 is 10.9 Å². The lowest BCUT2D eigenvalue weighted by molar-refractivity contribution is 0.0196. The number of imidazole rings is 1. The fraction of sp³-hybridized carbons (Fsp3) is 0.320. The molecule has 2 aromatic carbocycles. The number of rotatable bonds is 6. The van der Waals surface area contributed by atoms with E-state index in [4.69, 9.17) is 32.7 Å². The number of nitrogens with one attached hydrogen (secondary N) is 2. The number of halogens is 2. The first-order valence-electron chi connectivity index (χ1n) is 11.6. The lowest BCUT2D eigenvalue weighted by Gasteiger charge is -2.26. The van der Waals surface area contributed by atoms with Crippen LogP contribution >= 0.6 is 23.2 Å².